The van der Waals surface area contributed by atoms with Crippen molar-refractivity contribution < 1.29 is 9.18 Å². The summed E-state index contributed by atoms with van der Waals surface area (Å²) in [5.41, 5.74) is 1.62. The first-order valence-corrected chi connectivity index (χ1v) is 11.2. The molecule has 1 saturated heterocycles. The van der Waals surface area contributed by atoms with Gasteiger partial charge >= 0.3 is 6.03 Å². The number of hydrogen-bond acceptors (Lipinski definition) is 4. The van der Waals surface area contributed by atoms with Crippen LogP contribution in [0.4, 0.5) is 14.9 Å². The lowest BCUT2D eigenvalue weighted by Crippen LogP contribution is -2.47. The zero-order valence-electron chi connectivity index (χ0n) is 17.4. The summed E-state index contributed by atoms with van der Waals surface area (Å²) in [7, 11) is 0. The molecule has 0 bridgehead atoms. The van der Waals surface area contributed by atoms with Crippen molar-refractivity contribution in [3.8, 4) is 11.4 Å². The van der Waals surface area contributed by atoms with Crippen molar-refractivity contribution in [1.82, 2.24) is 29.9 Å². The fourth-order valence-corrected chi connectivity index (χ4v) is 5.06. The average molecular weight is 423 g/mol. The molecule has 3 aliphatic rings. The van der Waals surface area contributed by atoms with E-state index in [0.717, 1.165) is 49.6 Å². The van der Waals surface area contributed by atoms with Gasteiger partial charge in [0, 0.05) is 23.7 Å². The summed E-state index contributed by atoms with van der Waals surface area (Å²) in [4.78, 5) is 19.6. The number of aromatic nitrogens is 5. The van der Waals surface area contributed by atoms with Crippen LogP contribution in [-0.4, -0.2) is 53.6 Å². The Kier molecular flexibility index (Phi) is 4.10. The van der Waals surface area contributed by atoms with E-state index in [2.05, 4.69) is 25.6 Å². The quantitative estimate of drug-likeness (QED) is 0.656. The second kappa shape index (κ2) is 6.77. The third kappa shape index (κ3) is 3.18. The number of piperidine rings is 1. The Bertz CT molecular complexity index is 1140. The maximum Gasteiger partial charge on any atom is 0.322 e. The van der Waals surface area contributed by atoms with Gasteiger partial charge in [-0.2, -0.15) is 10.2 Å². The highest BCUT2D eigenvalue weighted by Crippen LogP contribution is 2.48. The monoisotopic (exact) mass is 423 g/mol. The predicted octanol–water partition coefficient (Wildman–Crippen LogP) is 4.26. The van der Waals surface area contributed by atoms with Crippen molar-refractivity contribution >= 4 is 22.6 Å². The maximum absolute atomic E-state index is 14.7. The highest BCUT2D eigenvalue weighted by molar-refractivity contribution is 5.94. The molecule has 2 saturated carbocycles. The van der Waals surface area contributed by atoms with Crippen LogP contribution >= 0.6 is 0 Å². The number of likely N-dealkylation sites (tertiary alicyclic amines) is 1. The molecule has 1 spiro atoms. The summed E-state index contributed by atoms with van der Waals surface area (Å²) in [5, 5.41) is 15.4. The number of rotatable bonds is 4. The number of alkyl halides is 1. The minimum atomic E-state index is -1.16. The summed E-state index contributed by atoms with van der Waals surface area (Å²) in [5.74, 6) is 0. The lowest BCUT2D eigenvalue weighted by Gasteiger charge is -2.36. The molecule has 0 radical (unpaired) electrons. The Morgan fingerprint density at radius 2 is 2.00 bits per heavy atom. The molecule has 2 aliphatic carbocycles. The molecular weight excluding hydrogens is 397 g/mol. The molecular formula is C22H26FN7O. The van der Waals surface area contributed by atoms with E-state index < -0.39 is 5.67 Å². The van der Waals surface area contributed by atoms with Crippen molar-refractivity contribution in [3.63, 3.8) is 0 Å². The number of halogens is 1. The molecule has 0 atom stereocenters. The molecule has 2 amide bonds. The van der Waals surface area contributed by atoms with E-state index in [1.54, 1.807) is 23.3 Å². The van der Waals surface area contributed by atoms with Gasteiger partial charge in [-0.05, 0) is 57.4 Å². The number of aromatic amines is 1. The van der Waals surface area contributed by atoms with Gasteiger partial charge in [-0.1, -0.05) is 0 Å². The molecule has 0 aromatic carbocycles. The summed E-state index contributed by atoms with van der Waals surface area (Å²) in [6.07, 6.45) is 12.7. The van der Waals surface area contributed by atoms with Gasteiger partial charge in [0.05, 0.1) is 35.8 Å². The molecule has 3 fully saturated rings. The van der Waals surface area contributed by atoms with Crippen molar-refractivity contribution in [2.75, 3.05) is 11.9 Å². The third-order valence-corrected chi connectivity index (χ3v) is 7.26. The minimum Gasteiger partial charge on any atom is -0.319 e. The van der Waals surface area contributed by atoms with Crippen LogP contribution in [0.5, 0.6) is 0 Å². The first kappa shape index (κ1) is 18.8. The molecule has 31 heavy (non-hydrogen) atoms. The van der Waals surface area contributed by atoms with Crippen molar-refractivity contribution in [1.29, 1.82) is 0 Å². The molecule has 3 aromatic rings. The number of fused-ring (bicyclic) bond motifs is 1. The number of nitrogens with one attached hydrogen (secondary N) is 2. The summed E-state index contributed by atoms with van der Waals surface area (Å²) < 4.78 is 16.4. The van der Waals surface area contributed by atoms with Gasteiger partial charge in [-0.25, -0.2) is 9.18 Å². The number of amides is 2. The Morgan fingerprint density at radius 1 is 1.13 bits per heavy atom. The Balaban J connectivity index is 1.27. The minimum absolute atomic E-state index is 0.0692. The van der Waals surface area contributed by atoms with Gasteiger partial charge in [0.25, 0.3) is 0 Å². The van der Waals surface area contributed by atoms with Gasteiger partial charge in [-0.15, -0.1) is 0 Å². The summed E-state index contributed by atoms with van der Waals surface area (Å²) in [6, 6.07) is 1.81. The van der Waals surface area contributed by atoms with Crippen molar-refractivity contribution in [2.45, 2.75) is 69.1 Å². The van der Waals surface area contributed by atoms with Crippen LogP contribution in [0.3, 0.4) is 0 Å². The standard InChI is InChI=1S/C22H26FN7O/c23-21(4-3-5-21)14-30-18-10-16(24-11-15(18)12-26-30)19-17(13-25-28-19)27-20(31)29-9-2-1-6-22(29)7-8-22/h10-13H,1-9,14H2,(H,25,28)(H,27,31). The van der Waals surface area contributed by atoms with Crippen LogP contribution in [0.2, 0.25) is 0 Å². The van der Waals surface area contributed by atoms with Crippen molar-refractivity contribution in [2.24, 2.45) is 0 Å². The number of hydrogen-bond donors (Lipinski definition) is 2. The number of H-pyrrole nitrogens is 1. The second-order valence-electron chi connectivity index (χ2n) is 9.36. The first-order valence-electron chi connectivity index (χ1n) is 11.2. The number of pyridine rings is 1. The van der Waals surface area contributed by atoms with Gasteiger partial charge in [0.15, 0.2) is 0 Å². The van der Waals surface area contributed by atoms with Gasteiger partial charge in [-0.3, -0.25) is 14.8 Å². The van der Waals surface area contributed by atoms with E-state index in [4.69, 9.17) is 0 Å². The molecule has 4 heterocycles. The Hall–Kier alpha value is -2.97. The maximum atomic E-state index is 14.7. The molecule has 2 N–H and O–H groups in total. The molecule has 9 heteroatoms. The molecule has 8 nitrogen and oxygen atoms in total. The zero-order chi connectivity index (χ0) is 21.1. The zero-order valence-corrected chi connectivity index (χ0v) is 17.4. The fourth-order valence-electron chi connectivity index (χ4n) is 5.06. The first-order chi connectivity index (χ1) is 15.1. The molecule has 0 unspecified atom stereocenters. The number of carbonyl (C=O) groups is 1. The van der Waals surface area contributed by atoms with Crippen LogP contribution in [0, 0.1) is 0 Å². The van der Waals surface area contributed by atoms with Crippen LogP contribution in [-0.2, 0) is 6.54 Å². The molecule has 3 aromatic heterocycles. The number of nitrogens with zero attached hydrogens (tertiary/aromatic N) is 5. The van der Waals surface area contributed by atoms with Crippen LogP contribution in [0.1, 0.15) is 51.4 Å². The van der Waals surface area contributed by atoms with Gasteiger partial charge < -0.3 is 10.2 Å². The normalized spacial score (nSPS) is 21.3. The van der Waals surface area contributed by atoms with E-state index in [-0.39, 0.29) is 18.1 Å². The topological polar surface area (TPSA) is 91.7 Å². The van der Waals surface area contributed by atoms with E-state index in [0.29, 0.717) is 29.9 Å². The van der Waals surface area contributed by atoms with Crippen LogP contribution in [0.15, 0.2) is 24.7 Å². The molecule has 1 aliphatic heterocycles. The SMILES string of the molecule is O=C(Nc1cn[nH]c1-c1cc2c(cn1)cnn2CC1(F)CCC1)N1CCCCC12CC2. The second-order valence-corrected chi connectivity index (χ2v) is 9.36. The van der Waals surface area contributed by atoms with Gasteiger partial charge in [0.1, 0.15) is 11.4 Å². The Morgan fingerprint density at radius 3 is 2.77 bits per heavy atom. The number of anilines is 1. The van der Waals surface area contributed by atoms with Crippen LogP contribution in [0.25, 0.3) is 22.3 Å². The highest BCUT2D eigenvalue weighted by Gasteiger charge is 2.51. The smallest absolute Gasteiger partial charge is 0.319 e. The highest BCUT2D eigenvalue weighted by atomic mass is 19.1. The summed E-state index contributed by atoms with van der Waals surface area (Å²) in [6.45, 7) is 1.05. The number of carbonyl (C=O) groups excluding carboxylic acids is 1. The van der Waals surface area contributed by atoms with E-state index in [1.165, 1.54) is 6.42 Å². The van der Waals surface area contributed by atoms with E-state index in [9.17, 15) is 9.18 Å². The lowest BCUT2D eigenvalue weighted by atomic mass is 9.82. The van der Waals surface area contributed by atoms with E-state index >= 15 is 0 Å². The number of urea groups is 1. The predicted molar refractivity (Wildman–Crippen MR) is 114 cm³/mol. The molecule has 162 valence electrons. The fraction of sp³-hybridized carbons (Fsp3) is 0.545. The average Bonchev–Trinajstić information content (AvgIpc) is 3.18. The largest absolute Gasteiger partial charge is 0.322 e. The van der Waals surface area contributed by atoms with E-state index in [1.807, 2.05) is 11.0 Å². The van der Waals surface area contributed by atoms with Gasteiger partial charge in [0.2, 0.25) is 0 Å². The summed E-state index contributed by atoms with van der Waals surface area (Å²) >= 11 is 0. The third-order valence-electron chi connectivity index (χ3n) is 7.26. The lowest BCUT2D eigenvalue weighted by molar-refractivity contribution is 0.0418. The Labute approximate surface area is 179 Å². The molecule has 6 rings (SSSR count). The van der Waals surface area contributed by atoms with Crippen LogP contribution < -0.4 is 5.32 Å². The van der Waals surface area contributed by atoms with Crippen molar-refractivity contribution in [3.05, 3.63) is 24.7 Å².